The number of hydrogen-bond acceptors (Lipinski definition) is 3. The average molecular weight is 299 g/mol. The Labute approximate surface area is 128 Å². The molecule has 3 N–H and O–H groups in total. The van der Waals surface area contributed by atoms with Crippen LogP contribution in [0.25, 0.3) is 11.4 Å². The van der Waals surface area contributed by atoms with Crippen molar-refractivity contribution in [2.75, 3.05) is 0 Å². The molecule has 1 heterocycles. The lowest BCUT2D eigenvalue weighted by Gasteiger charge is -2.08. The van der Waals surface area contributed by atoms with Gasteiger partial charge in [0.05, 0.1) is 11.1 Å². The zero-order chi connectivity index (χ0) is 14.8. The van der Waals surface area contributed by atoms with Crippen LogP contribution in [0, 0.1) is 6.92 Å². The largest absolute Gasteiger partial charge is 0.318 e. The van der Waals surface area contributed by atoms with E-state index in [1.54, 1.807) is 0 Å². The lowest BCUT2D eigenvalue weighted by Crippen LogP contribution is -2.13. The van der Waals surface area contributed by atoms with E-state index in [-0.39, 0.29) is 6.04 Å². The van der Waals surface area contributed by atoms with Crippen molar-refractivity contribution in [3.63, 3.8) is 0 Å². The van der Waals surface area contributed by atoms with Crippen molar-refractivity contribution in [2.45, 2.75) is 13.0 Å². The van der Waals surface area contributed by atoms with Crippen LogP contribution in [-0.2, 0) is 0 Å². The number of aromatic nitrogens is 3. The van der Waals surface area contributed by atoms with Crippen LogP contribution in [-0.4, -0.2) is 15.2 Å². The number of benzene rings is 2. The Morgan fingerprint density at radius 2 is 1.81 bits per heavy atom. The number of nitrogens with two attached hydrogens (primary N) is 1. The van der Waals surface area contributed by atoms with Crippen LogP contribution in [0.5, 0.6) is 0 Å². The maximum atomic E-state index is 6.23. The third kappa shape index (κ3) is 2.82. The zero-order valence-corrected chi connectivity index (χ0v) is 12.3. The Balaban J connectivity index is 1.91. The zero-order valence-electron chi connectivity index (χ0n) is 11.5. The van der Waals surface area contributed by atoms with E-state index in [0.717, 1.165) is 11.1 Å². The molecule has 0 aliphatic carbocycles. The van der Waals surface area contributed by atoms with Gasteiger partial charge in [0.2, 0.25) is 0 Å². The predicted molar refractivity (Wildman–Crippen MR) is 84.0 cm³/mol. The highest BCUT2D eigenvalue weighted by Crippen LogP contribution is 2.26. The molecule has 21 heavy (non-hydrogen) atoms. The van der Waals surface area contributed by atoms with Gasteiger partial charge in [-0.25, -0.2) is 4.98 Å². The summed E-state index contributed by atoms with van der Waals surface area (Å²) in [5.74, 6) is 1.17. The summed E-state index contributed by atoms with van der Waals surface area (Å²) in [5, 5.41) is 7.73. The highest BCUT2D eigenvalue weighted by molar-refractivity contribution is 6.33. The van der Waals surface area contributed by atoms with Gasteiger partial charge in [0, 0.05) is 5.56 Å². The Bertz CT molecular complexity index is 749. The normalized spacial score (nSPS) is 12.3. The molecule has 1 aromatic heterocycles. The third-order valence-electron chi connectivity index (χ3n) is 3.35. The first-order chi connectivity index (χ1) is 10.1. The predicted octanol–water partition coefficient (Wildman–Crippen LogP) is 3.48. The van der Waals surface area contributed by atoms with Crippen molar-refractivity contribution in [1.29, 1.82) is 0 Å². The second-order valence-electron chi connectivity index (χ2n) is 4.91. The summed E-state index contributed by atoms with van der Waals surface area (Å²) in [4.78, 5) is 4.46. The summed E-state index contributed by atoms with van der Waals surface area (Å²) in [6.07, 6.45) is 0. The second kappa shape index (κ2) is 5.68. The topological polar surface area (TPSA) is 67.6 Å². The number of rotatable bonds is 3. The maximum Gasteiger partial charge on any atom is 0.182 e. The van der Waals surface area contributed by atoms with Crippen LogP contribution < -0.4 is 5.73 Å². The summed E-state index contributed by atoms with van der Waals surface area (Å²) >= 11 is 6.16. The number of nitrogens with one attached hydrogen (secondary N) is 1. The minimum Gasteiger partial charge on any atom is -0.318 e. The highest BCUT2D eigenvalue weighted by atomic mass is 35.5. The molecule has 0 saturated carbocycles. The fourth-order valence-corrected chi connectivity index (χ4v) is 2.33. The summed E-state index contributed by atoms with van der Waals surface area (Å²) in [6.45, 7) is 2.04. The molecule has 0 bridgehead atoms. The van der Waals surface area contributed by atoms with Gasteiger partial charge < -0.3 is 5.73 Å². The highest BCUT2D eigenvalue weighted by Gasteiger charge is 2.15. The lowest BCUT2D eigenvalue weighted by atomic mass is 10.1. The van der Waals surface area contributed by atoms with E-state index in [2.05, 4.69) is 15.2 Å². The quantitative estimate of drug-likeness (QED) is 0.778. The molecule has 3 rings (SSSR count). The first-order valence-corrected chi connectivity index (χ1v) is 7.02. The monoisotopic (exact) mass is 298 g/mol. The smallest absolute Gasteiger partial charge is 0.182 e. The fourth-order valence-electron chi connectivity index (χ4n) is 2.11. The van der Waals surface area contributed by atoms with E-state index in [0.29, 0.717) is 16.7 Å². The second-order valence-corrected chi connectivity index (χ2v) is 5.32. The molecule has 0 aliphatic rings. The Kier molecular flexibility index (Phi) is 3.73. The third-order valence-corrected chi connectivity index (χ3v) is 3.68. The Morgan fingerprint density at radius 1 is 1.10 bits per heavy atom. The molecular formula is C16H15ClN4. The molecule has 0 unspecified atom stereocenters. The van der Waals surface area contributed by atoms with Gasteiger partial charge in [-0.05, 0) is 24.6 Å². The lowest BCUT2D eigenvalue weighted by molar-refractivity contribution is 0.787. The van der Waals surface area contributed by atoms with Crippen molar-refractivity contribution in [2.24, 2.45) is 5.73 Å². The van der Waals surface area contributed by atoms with Gasteiger partial charge >= 0.3 is 0 Å². The SMILES string of the molecule is Cc1ccc([C@@H](N)c2nc(-c3ccccc3Cl)n[nH]2)cc1. The summed E-state index contributed by atoms with van der Waals surface area (Å²) in [7, 11) is 0. The maximum absolute atomic E-state index is 6.23. The van der Waals surface area contributed by atoms with Gasteiger partial charge in [-0.2, -0.15) is 5.10 Å². The minimum absolute atomic E-state index is 0.339. The minimum atomic E-state index is -0.339. The number of aryl methyl sites for hydroxylation is 1. The summed E-state index contributed by atoms with van der Waals surface area (Å²) in [5.41, 5.74) is 9.20. The molecule has 0 radical (unpaired) electrons. The molecule has 0 fully saturated rings. The molecule has 1 atom stereocenters. The van der Waals surface area contributed by atoms with E-state index in [1.807, 2.05) is 55.5 Å². The molecule has 0 spiro atoms. The molecule has 0 amide bonds. The molecule has 106 valence electrons. The summed E-state index contributed by atoms with van der Waals surface area (Å²) < 4.78 is 0. The molecule has 2 aromatic carbocycles. The van der Waals surface area contributed by atoms with Crippen LogP contribution in [0.2, 0.25) is 5.02 Å². The van der Waals surface area contributed by atoms with Crippen LogP contribution in [0.4, 0.5) is 0 Å². The van der Waals surface area contributed by atoms with Crippen molar-refractivity contribution >= 4 is 11.6 Å². The molecule has 0 aliphatic heterocycles. The van der Waals surface area contributed by atoms with E-state index in [4.69, 9.17) is 17.3 Å². The van der Waals surface area contributed by atoms with E-state index in [9.17, 15) is 0 Å². The van der Waals surface area contributed by atoms with E-state index < -0.39 is 0 Å². The molecule has 5 heteroatoms. The van der Waals surface area contributed by atoms with Crippen LogP contribution >= 0.6 is 11.6 Å². The number of halogens is 1. The number of aromatic amines is 1. The van der Waals surface area contributed by atoms with Gasteiger partial charge in [0.25, 0.3) is 0 Å². The average Bonchev–Trinajstić information content (AvgIpc) is 2.97. The van der Waals surface area contributed by atoms with Gasteiger partial charge in [-0.3, -0.25) is 5.10 Å². The van der Waals surface area contributed by atoms with Gasteiger partial charge in [-0.15, -0.1) is 0 Å². The van der Waals surface area contributed by atoms with Crippen LogP contribution in [0.1, 0.15) is 23.0 Å². The molecule has 0 saturated heterocycles. The van der Waals surface area contributed by atoms with Gasteiger partial charge in [0.1, 0.15) is 5.82 Å². The van der Waals surface area contributed by atoms with Crippen LogP contribution in [0.3, 0.4) is 0 Å². The van der Waals surface area contributed by atoms with Gasteiger partial charge in [-0.1, -0.05) is 53.6 Å². The van der Waals surface area contributed by atoms with Crippen molar-refractivity contribution in [3.8, 4) is 11.4 Å². The van der Waals surface area contributed by atoms with Crippen molar-refractivity contribution < 1.29 is 0 Å². The molecular weight excluding hydrogens is 284 g/mol. The standard InChI is InChI=1S/C16H15ClN4/c1-10-6-8-11(9-7-10)14(18)16-19-15(20-21-16)12-4-2-3-5-13(12)17/h2-9,14H,18H2,1H3,(H,19,20,21)/t14-/m1/s1. The van der Waals surface area contributed by atoms with E-state index in [1.165, 1.54) is 5.56 Å². The molecule has 4 nitrogen and oxygen atoms in total. The van der Waals surface area contributed by atoms with Gasteiger partial charge in [0.15, 0.2) is 5.82 Å². The van der Waals surface area contributed by atoms with E-state index >= 15 is 0 Å². The number of nitrogens with zero attached hydrogens (tertiary/aromatic N) is 2. The number of H-pyrrole nitrogens is 1. The Morgan fingerprint density at radius 3 is 2.52 bits per heavy atom. The van der Waals surface area contributed by atoms with Crippen LogP contribution in [0.15, 0.2) is 48.5 Å². The number of hydrogen-bond donors (Lipinski definition) is 2. The molecule has 3 aromatic rings. The fraction of sp³-hybridized carbons (Fsp3) is 0.125. The first kappa shape index (κ1) is 13.8. The van der Waals surface area contributed by atoms with Crippen molar-refractivity contribution in [1.82, 2.24) is 15.2 Å². The van der Waals surface area contributed by atoms with Crippen molar-refractivity contribution in [3.05, 3.63) is 70.5 Å². The summed E-state index contributed by atoms with van der Waals surface area (Å²) in [6, 6.07) is 15.2. The Hall–Kier alpha value is -2.17. The first-order valence-electron chi connectivity index (χ1n) is 6.64.